The number of para-hydroxylation sites is 4. The first-order chi connectivity index (χ1) is 23.8. The van der Waals surface area contributed by atoms with Crippen molar-refractivity contribution in [2.45, 2.75) is 0 Å². The summed E-state index contributed by atoms with van der Waals surface area (Å²) in [6.07, 6.45) is 0. The van der Waals surface area contributed by atoms with Crippen LogP contribution in [0, 0.1) is 22.7 Å². The van der Waals surface area contributed by atoms with Gasteiger partial charge in [0.1, 0.15) is 6.07 Å². The van der Waals surface area contributed by atoms with Gasteiger partial charge in [0.2, 0.25) is 0 Å². The van der Waals surface area contributed by atoms with Crippen molar-refractivity contribution < 1.29 is 0 Å². The predicted octanol–water partition coefficient (Wildman–Crippen LogP) is 11.0. The number of hydrogen-bond acceptors (Lipinski definition) is 2. The summed E-state index contributed by atoms with van der Waals surface area (Å²) in [7, 11) is 0. The average Bonchev–Trinajstić information content (AvgIpc) is 3.67. The Hall–Kier alpha value is -6.88. The lowest BCUT2D eigenvalue weighted by atomic mass is 9.90. The lowest BCUT2D eigenvalue weighted by Crippen LogP contribution is -2.01. The van der Waals surface area contributed by atoms with Gasteiger partial charge in [-0.3, -0.25) is 0 Å². The fourth-order valence-corrected chi connectivity index (χ4v) is 7.40. The van der Waals surface area contributed by atoms with Crippen molar-refractivity contribution in [3.8, 4) is 45.8 Å². The molecule has 0 aliphatic heterocycles. The number of nitriles is 2. The van der Waals surface area contributed by atoms with Crippen LogP contribution >= 0.6 is 0 Å². The molecule has 0 bridgehead atoms. The second-order valence-electron chi connectivity index (χ2n) is 11.9. The Balaban J connectivity index is 1.33. The minimum atomic E-state index is 0.589. The smallest absolute Gasteiger partial charge is 0.101 e. The van der Waals surface area contributed by atoms with E-state index in [2.05, 4.69) is 130 Å². The molecule has 2 heterocycles. The van der Waals surface area contributed by atoms with Gasteiger partial charge in [-0.05, 0) is 65.2 Å². The molecule has 2 aromatic heterocycles. The Labute approximate surface area is 277 Å². The normalized spacial score (nSPS) is 11.3. The van der Waals surface area contributed by atoms with Crippen molar-refractivity contribution >= 4 is 43.6 Å². The van der Waals surface area contributed by atoms with Crippen LogP contribution in [-0.2, 0) is 0 Å². The lowest BCUT2D eigenvalue weighted by Gasteiger charge is -2.19. The molecule has 0 saturated carbocycles. The summed E-state index contributed by atoms with van der Waals surface area (Å²) in [5.41, 5.74) is 11.0. The van der Waals surface area contributed by atoms with E-state index in [0.717, 1.165) is 77.2 Å². The van der Waals surface area contributed by atoms with Crippen LogP contribution < -0.4 is 0 Å². The van der Waals surface area contributed by atoms with E-state index in [1.165, 1.54) is 0 Å². The second kappa shape index (κ2) is 10.9. The van der Waals surface area contributed by atoms with E-state index in [4.69, 9.17) is 0 Å². The molecular formula is C44H26N4. The highest BCUT2D eigenvalue weighted by molar-refractivity contribution is 6.11. The van der Waals surface area contributed by atoms with Crippen molar-refractivity contribution in [1.82, 2.24) is 9.13 Å². The van der Waals surface area contributed by atoms with E-state index in [1.54, 1.807) is 0 Å². The number of hydrogen-bond donors (Lipinski definition) is 0. The number of fused-ring (bicyclic) bond motifs is 6. The zero-order valence-electron chi connectivity index (χ0n) is 25.8. The van der Waals surface area contributed by atoms with Crippen LogP contribution in [0.3, 0.4) is 0 Å². The van der Waals surface area contributed by atoms with Gasteiger partial charge in [0.25, 0.3) is 0 Å². The first-order valence-corrected chi connectivity index (χ1v) is 15.9. The number of benzene rings is 7. The van der Waals surface area contributed by atoms with E-state index in [-0.39, 0.29) is 0 Å². The van der Waals surface area contributed by atoms with E-state index >= 15 is 0 Å². The molecule has 4 nitrogen and oxygen atoms in total. The summed E-state index contributed by atoms with van der Waals surface area (Å²) in [6, 6.07) is 58.8. The van der Waals surface area contributed by atoms with Crippen molar-refractivity contribution in [2.75, 3.05) is 0 Å². The van der Waals surface area contributed by atoms with E-state index in [0.29, 0.717) is 11.1 Å². The Morgan fingerprint density at radius 2 is 0.833 bits per heavy atom. The zero-order chi connectivity index (χ0) is 32.2. The van der Waals surface area contributed by atoms with E-state index in [1.807, 2.05) is 48.5 Å². The standard InChI is InChI=1S/C44H26N4/c45-27-30-25-24-29(26-43(30)48-40-21-9-5-16-35(40)36-17-6-10-22-41(36)48)32-13-1-2-18-37(32)44-31(28-46)12-11-23-42(44)47-38-19-7-3-14-33(38)34-15-4-8-20-39(34)47/h1-26H. The molecule has 7 aromatic carbocycles. The minimum Gasteiger partial charge on any atom is -0.309 e. The van der Waals surface area contributed by atoms with Crippen LogP contribution in [0.25, 0.3) is 77.2 Å². The fourth-order valence-electron chi connectivity index (χ4n) is 7.40. The van der Waals surface area contributed by atoms with Crippen LogP contribution in [0.4, 0.5) is 0 Å². The number of rotatable bonds is 4. The Morgan fingerprint density at radius 1 is 0.375 bits per heavy atom. The predicted molar refractivity (Wildman–Crippen MR) is 195 cm³/mol. The first kappa shape index (κ1) is 27.4. The molecule has 4 heteroatoms. The molecule has 0 aliphatic carbocycles. The van der Waals surface area contributed by atoms with Gasteiger partial charge >= 0.3 is 0 Å². The highest BCUT2D eigenvalue weighted by Crippen LogP contribution is 2.42. The molecule has 0 atom stereocenters. The monoisotopic (exact) mass is 610 g/mol. The van der Waals surface area contributed by atoms with Gasteiger partial charge in [0.05, 0.1) is 50.6 Å². The molecule has 0 spiro atoms. The molecule has 0 N–H and O–H groups in total. The van der Waals surface area contributed by atoms with E-state index < -0.39 is 0 Å². The zero-order valence-corrected chi connectivity index (χ0v) is 25.8. The summed E-state index contributed by atoms with van der Waals surface area (Å²) in [5.74, 6) is 0. The summed E-state index contributed by atoms with van der Waals surface area (Å²) < 4.78 is 4.47. The van der Waals surface area contributed by atoms with Crippen molar-refractivity contribution in [3.63, 3.8) is 0 Å². The molecule has 0 fully saturated rings. The van der Waals surface area contributed by atoms with Crippen LogP contribution in [0.5, 0.6) is 0 Å². The largest absolute Gasteiger partial charge is 0.309 e. The Bertz CT molecular complexity index is 2710. The topological polar surface area (TPSA) is 57.4 Å². The molecular weight excluding hydrogens is 585 g/mol. The van der Waals surface area contributed by atoms with Crippen molar-refractivity contribution in [3.05, 3.63) is 169 Å². The maximum absolute atomic E-state index is 10.5. The molecule has 0 aliphatic rings. The van der Waals surface area contributed by atoms with Gasteiger partial charge in [-0.2, -0.15) is 10.5 Å². The lowest BCUT2D eigenvalue weighted by molar-refractivity contribution is 1.17. The van der Waals surface area contributed by atoms with Gasteiger partial charge < -0.3 is 9.13 Å². The Kier molecular flexibility index (Phi) is 6.22. The molecule has 0 saturated heterocycles. The summed E-state index contributed by atoms with van der Waals surface area (Å²) in [5, 5.41) is 25.5. The fraction of sp³-hybridized carbons (Fsp3) is 0. The highest BCUT2D eigenvalue weighted by Gasteiger charge is 2.21. The van der Waals surface area contributed by atoms with Gasteiger partial charge in [-0.1, -0.05) is 109 Å². The van der Waals surface area contributed by atoms with Crippen LogP contribution in [0.2, 0.25) is 0 Å². The third-order valence-electron chi connectivity index (χ3n) is 9.43. The third kappa shape index (κ3) is 4.01. The summed E-state index contributed by atoms with van der Waals surface area (Å²) >= 11 is 0. The van der Waals surface area contributed by atoms with E-state index in [9.17, 15) is 10.5 Å². The summed E-state index contributed by atoms with van der Waals surface area (Å²) in [4.78, 5) is 0. The molecule has 0 amide bonds. The van der Waals surface area contributed by atoms with Gasteiger partial charge in [0, 0.05) is 27.1 Å². The average molecular weight is 611 g/mol. The van der Waals surface area contributed by atoms with Gasteiger partial charge in [-0.15, -0.1) is 0 Å². The van der Waals surface area contributed by atoms with Gasteiger partial charge in [0.15, 0.2) is 0 Å². The number of aromatic nitrogens is 2. The highest BCUT2D eigenvalue weighted by atomic mass is 15.0. The molecule has 9 rings (SSSR count). The molecule has 48 heavy (non-hydrogen) atoms. The number of nitrogens with zero attached hydrogens (tertiary/aromatic N) is 4. The second-order valence-corrected chi connectivity index (χ2v) is 11.9. The van der Waals surface area contributed by atoms with Gasteiger partial charge in [-0.25, -0.2) is 0 Å². The molecule has 0 radical (unpaired) electrons. The van der Waals surface area contributed by atoms with Crippen LogP contribution in [0.1, 0.15) is 11.1 Å². The third-order valence-corrected chi connectivity index (χ3v) is 9.43. The molecule has 9 aromatic rings. The van der Waals surface area contributed by atoms with Crippen LogP contribution in [0.15, 0.2) is 158 Å². The van der Waals surface area contributed by atoms with Crippen LogP contribution in [-0.4, -0.2) is 9.13 Å². The Morgan fingerprint density at radius 3 is 1.35 bits per heavy atom. The maximum atomic E-state index is 10.5. The first-order valence-electron chi connectivity index (χ1n) is 15.9. The maximum Gasteiger partial charge on any atom is 0.101 e. The summed E-state index contributed by atoms with van der Waals surface area (Å²) in [6.45, 7) is 0. The quantitative estimate of drug-likeness (QED) is 0.199. The minimum absolute atomic E-state index is 0.589. The van der Waals surface area contributed by atoms with Crippen molar-refractivity contribution in [1.29, 1.82) is 10.5 Å². The van der Waals surface area contributed by atoms with Crippen molar-refractivity contribution in [2.24, 2.45) is 0 Å². The SMILES string of the molecule is N#Cc1ccc(-c2ccccc2-c2c(C#N)cccc2-n2c3ccccc3c3ccccc32)cc1-n1c2ccccc2c2ccccc21. The molecule has 0 unspecified atom stereocenters. The molecule has 222 valence electrons.